The van der Waals surface area contributed by atoms with E-state index in [0.717, 1.165) is 13.1 Å². The van der Waals surface area contributed by atoms with Gasteiger partial charge in [0.15, 0.2) is 0 Å². The predicted octanol–water partition coefficient (Wildman–Crippen LogP) is 0.426. The molecular formula is C11H22N2O. The molecule has 2 aliphatic rings. The van der Waals surface area contributed by atoms with E-state index in [4.69, 9.17) is 5.73 Å². The molecule has 2 fully saturated rings. The molecule has 1 aliphatic heterocycles. The maximum absolute atomic E-state index is 9.41. The van der Waals surface area contributed by atoms with Crippen LogP contribution in [0.15, 0.2) is 0 Å². The van der Waals surface area contributed by atoms with Crippen LogP contribution in [0.25, 0.3) is 0 Å². The molecule has 0 amide bonds. The Hall–Kier alpha value is -0.120. The maximum atomic E-state index is 9.41. The predicted molar refractivity (Wildman–Crippen MR) is 56.9 cm³/mol. The molecule has 0 aromatic heterocycles. The number of hydrogen-bond donors (Lipinski definition) is 2. The van der Waals surface area contributed by atoms with Gasteiger partial charge in [0.1, 0.15) is 0 Å². The van der Waals surface area contributed by atoms with Gasteiger partial charge in [-0.15, -0.1) is 0 Å². The topological polar surface area (TPSA) is 49.5 Å². The fourth-order valence-corrected chi connectivity index (χ4v) is 3.12. The van der Waals surface area contributed by atoms with E-state index < -0.39 is 0 Å². The highest BCUT2D eigenvalue weighted by molar-refractivity contribution is 5.07. The van der Waals surface area contributed by atoms with E-state index in [1.54, 1.807) is 0 Å². The summed E-state index contributed by atoms with van der Waals surface area (Å²) in [6.45, 7) is 6.79. The molecule has 2 bridgehead atoms. The lowest BCUT2D eigenvalue weighted by Gasteiger charge is -2.46. The number of fused-ring (bicyclic) bond motifs is 2. The van der Waals surface area contributed by atoms with Crippen molar-refractivity contribution >= 4 is 0 Å². The largest absolute Gasteiger partial charge is 0.394 e. The fourth-order valence-electron chi connectivity index (χ4n) is 3.12. The molecule has 1 aliphatic carbocycles. The highest BCUT2D eigenvalue weighted by Gasteiger charge is 2.51. The van der Waals surface area contributed by atoms with Crippen LogP contribution in [0, 0.1) is 11.8 Å². The van der Waals surface area contributed by atoms with E-state index in [-0.39, 0.29) is 12.1 Å². The Morgan fingerprint density at radius 3 is 2.21 bits per heavy atom. The van der Waals surface area contributed by atoms with E-state index >= 15 is 0 Å². The lowest BCUT2D eigenvalue weighted by atomic mass is 9.78. The van der Waals surface area contributed by atoms with E-state index in [1.807, 2.05) is 0 Å². The first-order valence-electron chi connectivity index (χ1n) is 5.71. The zero-order valence-electron chi connectivity index (χ0n) is 9.24. The molecule has 2 rings (SSSR count). The highest BCUT2D eigenvalue weighted by Crippen LogP contribution is 2.43. The van der Waals surface area contributed by atoms with E-state index in [2.05, 4.69) is 18.7 Å². The summed E-state index contributed by atoms with van der Waals surface area (Å²) >= 11 is 0. The number of nitrogens with two attached hydrogens (primary N) is 1. The van der Waals surface area contributed by atoms with Crippen LogP contribution in [-0.2, 0) is 0 Å². The number of piperidine rings is 1. The van der Waals surface area contributed by atoms with Crippen LogP contribution in [0.4, 0.5) is 0 Å². The van der Waals surface area contributed by atoms with E-state index in [1.165, 1.54) is 12.8 Å². The molecule has 2 atom stereocenters. The first-order chi connectivity index (χ1) is 6.58. The standard InChI is InChI=1S/C11H22N2O/c1-8(2)13-5-9-3-4-10(6-13)11(9,12)7-14/h8-10,14H,3-7,12H2,1-2H3. The fraction of sp³-hybridized carbons (Fsp3) is 1.00. The second kappa shape index (κ2) is 3.47. The van der Waals surface area contributed by atoms with Crippen LogP contribution < -0.4 is 5.73 Å². The smallest absolute Gasteiger partial charge is 0.0617 e. The Morgan fingerprint density at radius 1 is 1.36 bits per heavy atom. The Kier molecular flexibility index (Phi) is 2.58. The lowest BCUT2D eigenvalue weighted by molar-refractivity contribution is 0.0271. The number of hydrogen-bond acceptors (Lipinski definition) is 3. The molecule has 1 saturated heterocycles. The zero-order chi connectivity index (χ0) is 10.3. The van der Waals surface area contributed by atoms with Crippen LogP contribution >= 0.6 is 0 Å². The SMILES string of the molecule is CC(C)N1CC2CCC(C1)C2(N)CO. The lowest BCUT2D eigenvalue weighted by Crippen LogP contribution is -2.62. The minimum Gasteiger partial charge on any atom is -0.394 e. The van der Waals surface area contributed by atoms with Crippen molar-refractivity contribution < 1.29 is 5.11 Å². The number of rotatable bonds is 2. The van der Waals surface area contributed by atoms with Gasteiger partial charge in [0.05, 0.1) is 6.61 Å². The van der Waals surface area contributed by atoms with Crippen LogP contribution in [0.2, 0.25) is 0 Å². The van der Waals surface area contributed by atoms with Crippen molar-refractivity contribution in [1.82, 2.24) is 4.90 Å². The first kappa shape index (κ1) is 10.4. The van der Waals surface area contributed by atoms with Gasteiger partial charge in [-0.3, -0.25) is 0 Å². The Bertz CT molecular complexity index is 203. The Morgan fingerprint density at radius 2 is 1.86 bits per heavy atom. The molecule has 0 radical (unpaired) electrons. The summed E-state index contributed by atoms with van der Waals surface area (Å²) in [7, 11) is 0. The van der Waals surface area contributed by atoms with Crippen LogP contribution in [0.1, 0.15) is 26.7 Å². The summed E-state index contributed by atoms with van der Waals surface area (Å²) in [5, 5.41) is 9.41. The molecule has 3 N–H and O–H groups in total. The van der Waals surface area contributed by atoms with Gasteiger partial charge in [-0.05, 0) is 38.5 Å². The van der Waals surface area contributed by atoms with Crippen LogP contribution in [-0.4, -0.2) is 41.3 Å². The second-order valence-corrected chi connectivity index (χ2v) is 5.29. The number of aliphatic hydroxyl groups excluding tert-OH is 1. The van der Waals surface area contributed by atoms with Gasteiger partial charge in [0, 0.05) is 24.7 Å². The Labute approximate surface area is 86.3 Å². The Balaban J connectivity index is 2.12. The van der Waals surface area contributed by atoms with E-state index in [0.29, 0.717) is 17.9 Å². The van der Waals surface area contributed by atoms with Gasteiger partial charge >= 0.3 is 0 Å². The third-order valence-corrected chi connectivity index (χ3v) is 4.30. The van der Waals surface area contributed by atoms with Gasteiger partial charge < -0.3 is 15.7 Å². The minimum atomic E-state index is -0.272. The number of aliphatic hydroxyl groups is 1. The summed E-state index contributed by atoms with van der Waals surface area (Å²) < 4.78 is 0. The van der Waals surface area contributed by atoms with Crippen LogP contribution in [0.3, 0.4) is 0 Å². The summed E-state index contributed by atoms with van der Waals surface area (Å²) in [5.74, 6) is 1.02. The molecule has 82 valence electrons. The van der Waals surface area contributed by atoms with Gasteiger partial charge in [0.25, 0.3) is 0 Å². The molecule has 1 saturated carbocycles. The molecule has 0 aromatic rings. The third kappa shape index (κ3) is 1.38. The molecule has 0 spiro atoms. The first-order valence-corrected chi connectivity index (χ1v) is 5.71. The molecule has 3 heteroatoms. The molecule has 2 unspecified atom stereocenters. The number of nitrogens with zero attached hydrogens (tertiary/aromatic N) is 1. The second-order valence-electron chi connectivity index (χ2n) is 5.29. The van der Waals surface area contributed by atoms with E-state index in [9.17, 15) is 5.11 Å². The van der Waals surface area contributed by atoms with Gasteiger partial charge in [-0.25, -0.2) is 0 Å². The van der Waals surface area contributed by atoms with Crippen molar-refractivity contribution in [2.45, 2.75) is 38.3 Å². The number of likely N-dealkylation sites (tertiary alicyclic amines) is 1. The van der Waals surface area contributed by atoms with Gasteiger partial charge in [0.2, 0.25) is 0 Å². The molecule has 0 aromatic carbocycles. The summed E-state index contributed by atoms with van der Waals surface area (Å²) in [6, 6.07) is 0.612. The van der Waals surface area contributed by atoms with Crippen molar-refractivity contribution in [1.29, 1.82) is 0 Å². The summed E-state index contributed by atoms with van der Waals surface area (Å²) in [5.41, 5.74) is 6.02. The van der Waals surface area contributed by atoms with Gasteiger partial charge in [-0.2, -0.15) is 0 Å². The monoisotopic (exact) mass is 198 g/mol. The summed E-state index contributed by atoms with van der Waals surface area (Å²) in [6.07, 6.45) is 2.40. The van der Waals surface area contributed by atoms with Crippen LogP contribution in [0.5, 0.6) is 0 Å². The molecule has 1 heterocycles. The molecule has 14 heavy (non-hydrogen) atoms. The maximum Gasteiger partial charge on any atom is 0.0617 e. The van der Waals surface area contributed by atoms with Crippen molar-refractivity contribution in [2.75, 3.05) is 19.7 Å². The molecular weight excluding hydrogens is 176 g/mol. The zero-order valence-corrected chi connectivity index (χ0v) is 9.24. The van der Waals surface area contributed by atoms with Crippen molar-refractivity contribution in [3.8, 4) is 0 Å². The average Bonchev–Trinajstić information content (AvgIpc) is 2.40. The normalized spacial score (nSPS) is 43.5. The third-order valence-electron chi connectivity index (χ3n) is 4.30. The van der Waals surface area contributed by atoms with Crippen molar-refractivity contribution in [3.63, 3.8) is 0 Å². The quantitative estimate of drug-likeness (QED) is 0.676. The highest BCUT2D eigenvalue weighted by atomic mass is 16.3. The molecule has 3 nitrogen and oxygen atoms in total. The minimum absolute atomic E-state index is 0.161. The average molecular weight is 198 g/mol. The summed E-state index contributed by atoms with van der Waals surface area (Å²) in [4.78, 5) is 2.50. The van der Waals surface area contributed by atoms with Gasteiger partial charge in [-0.1, -0.05) is 0 Å². The van der Waals surface area contributed by atoms with Crippen molar-refractivity contribution in [2.24, 2.45) is 17.6 Å². The van der Waals surface area contributed by atoms with Crippen molar-refractivity contribution in [3.05, 3.63) is 0 Å².